The first-order valence-electron chi connectivity index (χ1n) is 4.06. The van der Waals surface area contributed by atoms with Gasteiger partial charge in [0.15, 0.2) is 6.29 Å². The van der Waals surface area contributed by atoms with Crippen LogP contribution >= 0.6 is 7.82 Å². The van der Waals surface area contributed by atoms with Gasteiger partial charge < -0.3 is 35.0 Å². The van der Waals surface area contributed by atoms with Crippen molar-refractivity contribution in [3.05, 3.63) is 0 Å². The maximum Gasteiger partial charge on any atom is 0.469 e. The highest BCUT2D eigenvalue weighted by Gasteiger charge is 2.31. The molecule has 0 aliphatic heterocycles. The molecule has 0 aromatic carbocycles. The minimum Gasteiger partial charge on any atom is -0.388 e. The third-order valence-electron chi connectivity index (χ3n) is 1.65. The number of hydrogen-bond donors (Lipinski definition) is 6. The first-order chi connectivity index (χ1) is 7.19. The second-order valence-corrected chi connectivity index (χ2v) is 4.20. The highest BCUT2D eigenvalue weighted by molar-refractivity contribution is 7.46. The molecule has 0 aromatic rings. The number of hydrogen-bond acceptors (Lipinski definition) is 7. The summed E-state index contributed by atoms with van der Waals surface area (Å²) in [5, 5.41) is 36.1. The number of rotatable bonds is 7. The van der Waals surface area contributed by atoms with E-state index >= 15 is 0 Å². The average molecular weight is 260 g/mol. The van der Waals surface area contributed by atoms with Crippen LogP contribution in [0.3, 0.4) is 0 Å². The normalized spacial score (nSPS) is 19.9. The lowest BCUT2D eigenvalue weighted by Crippen LogP contribution is -2.46. The molecule has 0 rings (SSSR count). The fourth-order valence-electron chi connectivity index (χ4n) is 0.782. The number of carbonyl (C=O) groups excluding carboxylic acids is 1. The highest BCUT2D eigenvalue weighted by Crippen LogP contribution is 2.35. The van der Waals surface area contributed by atoms with E-state index in [9.17, 15) is 9.36 Å². The Labute approximate surface area is 90.2 Å². The number of phosphoric ester groups is 1. The van der Waals surface area contributed by atoms with Crippen molar-refractivity contribution >= 4 is 14.1 Å². The SMILES string of the molecule is O=C[C@H](O)[C@H](O)[C@H](O)[C@@H](O)COP(=O)(O)O. The second kappa shape index (κ2) is 6.38. The Morgan fingerprint density at radius 3 is 2.00 bits per heavy atom. The monoisotopic (exact) mass is 260 g/mol. The van der Waals surface area contributed by atoms with Gasteiger partial charge in [0, 0.05) is 0 Å². The quantitative estimate of drug-likeness (QED) is 0.203. The van der Waals surface area contributed by atoms with Crippen LogP contribution in [0.2, 0.25) is 0 Å². The van der Waals surface area contributed by atoms with E-state index in [0.29, 0.717) is 0 Å². The number of aliphatic hydroxyl groups is 4. The first kappa shape index (κ1) is 15.6. The summed E-state index contributed by atoms with van der Waals surface area (Å²) in [7, 11) is -4.80. The van der Waals surface area contributed by atoms with Crippen molar-refractivity contribution in [2.24, 2.45) is 0 Å². The molecule has 9 nitrogen and oxygen atoms in total. The summed E-state index contributed by atoms with van der Waals surface area (Å²) in [5.74, 6) is 0. The third-order valence-corrected chi connectivity index (χ3v) is 2.13. The van der Waals surface area contributed by atoms with Crippen molar-refractivity contribution < 1.29 is 44.1 Å². The van der Waals surface area contributed by atoms with E-state index in [-0.39, 0.29) is 6.29 Å². The van der Waals surface area contributed by atoms with Crippen molar-refractivity contribution in [1.29, 1.82) is 0 Å². The Balaban J connectivity index is 4.22. The van der Waals surface area contributed by atoms with Crippen molar-refractivity contribution in [3.63, 3.8) is 0 Å². The molecule has 16 heavy (non-hydrogen) atoms. The zero-order valence-electron chi connectivity index (χ0n) is 7.95. The highest BCUT2D eigenvalue weighted by atomic mass is 31.2. The molecule has 0 radical (unpaired) electrons. The van der Waals surface area contributed by atoms with E-state index in [0.717, 1.165) is 0 Å². The fraction of sp³-hybridized carbons (Fsp3) is 0.833. The molecule has 0 aromatic heterocycles. The zero-order valence-corrected chi connectivity index (χ0v) is 8.84. The summed E-state index contributed by atoms with van der Waals surface area (Å²) >= 11 is 0. The predicted molar refractivity (Wildman–Crippen MR) is 48.1 cm³/mol. The van der Waals surface area contributed by atoms with Crippen LogP contribution in [0.15, 0.2) is 0 Å². The molecule has 4 atom stereocenters. The van der Waals surface area contributed by atoms with Gasteiger partial charge in [-0.3, -0.25) is 4.52 Å². The van der Waals surface area contributed by atoms with Gasteiger partial charge in [0.25, 0.3) is 0 Å². The van der Waals surface area contributed by atoms with E-state index in [1.54, 1.807) is 0 Å². The topological polar surface area (TPSA) is 165 Å². The largest absolute Gasteiger partial charge is 0.469 e. The lowest BCUT2D eigenvalue weighted by atomic mass is 10.0. The molecule has 0 spiro atoms. The fourth-order valence-corrected chi connectivity index (χ4v) is 1.13. The van der Waals surface area contributed by atoms with Gasteiger partial charge in [-0.05, 0) is 0 Å². The predicted octanol–water partition coefficient (Wildman–Crippen LogP) is -3.26. The minimum atomic E-state index is -4.80. The Morgan fingerprint density at radius 2 is 1.62 bits per heavy atom. The van der Waals surface area contributed by atoms with Gasteiger partial charge in [0.05, 0.1) is 6.61 Å². The van der Waals surface area contributed by atoms with Gasteiger partial charge in [0.2, 0.25) is 0 Å². The molecule has 0 heterocycles. The van der Waals surface area contributed by atoms with E-state index < -0.39 is 38.8 Å². The lowest BCUT2D eigenvalue weighted by molar-refractivity contribution is -0.136. The molecule has 0 bridgehead atoms. The number of phosphoric acid groups is 1. The van der Waals surface area contributed by atoms with Crippen molar-refractivity contribution in [2.45, 2.75) is 24.4 Å². The zero-order chi connectivity index (χ0) is 12.9. The Hall–Kier alpha value is -0.380. The van der Waals surface area contributed by atoms with Crippen LogP contribution in [0.4, 0.5) is 0 Å². The van der Waals surface area contributed by atoms with Gasteiger partial charge in [-0.1, -0.05) is 0 Å². The number of aliphatic hydroxyl groups excluding tert-OH is 4. The molecular formula is C6H13O9P. The van der Waals surface area contributed by atoms with Crippen LogP contribution in [0.25, 0.3) is 0 Å². The van der Waals surface area contributed by atoms with Crippen LogP contribution in [-0.4, -0.2) is 67.5 Å². The molecule has 10 heteroatoms. The van der Waals surface area contributed by atoms with E-state index in [1.165, 1.54) is 0 Å². The third kappa shape index (κ3) is 5.64. The molecule has 0 amide bonds. The summed E-state index contributed by atoms with van der Waals surface area (Å²) in [6.07, 6.45) is -7.80. The molecule has 6 N–H and O–H groups in total. The van der Waals surface area contributed by atoms with Gasteiger partial charge in [-0.25, -0.2) is 4.57 Å². The van der Waals surface area contributed by atoms with Crippen LogP contribution in [-0.2, 0) is 13.9 Å². The van der Waals surface area contributed by atoms with Gasteiger partial charge >= 0.3 is 7.82 Å². The molecule has 0 fully saturated rings. The molecule has 0 aliphatic rings. The summed E-state index contributed by atoms with van der Waals surface area (Å²) in [5.41, 5.74) is 0. The van der Waals surface area contributed by atoms with Gasteiger partial charge in [0.1, 0.15) is 24.4 Å². The van der Waals surface area contributed by atoms with E-state index in [1.807, 2.05) is 0 Å². The smallest absolute Gasteiger partial charge is 0.388 e. The summed E-state index contributed by atoms with van der Waals surface area (Å²) < 4.78 is 14.1. The molecule has 0 saturated carbocycles. The van der Waals surface area contributed by atoms with E-state index in [4.69, 9.17) is 30.2 Å². The summed E-state index contributed by atoms with van der Waals surface area (Å²) in [4.78, 5) is 26.6. The van der Waals surface area contributed by atoms with Crippen LogP contribution < -0.4 is 0 Å². The van der Waals surface area contributed by atoms with Crippen molar-refractivity contribution in [2.75, 3.05) is 6.61 Å². The Morgan fingerprint density at radius 1 is 1.12 bits per heavy atom. The molecule has 0 aliphatic carbocycles. The van der Waals surface area contributed by atoms with Gasteiger partial charge in [-0.15, -0.1) is 0 Å². The van der Waals surface area contributed by atoms with Crippen molar-refractivity contribution in [1.82, 2.24) is 0 Å². The molecule has 0 unspecified atom stereocenters. The molecule has 96 valence electrons. The maximum absolute atomic E-state index is 10.2. The summed E-state index contributed by atoms with van der Waals surface area (Å²) in [6.45, 7) is -0.964. The standard InChI is InChI=1S/C6H13O9P/c7-1-3(8)5(10)6(11)4(9)2-15-16(12,13)14/h1,3-6,8-11H,2H2,(H2,12,13,14)/t3-,4-,5-,6+/m0/s1. The number of aldehydes is 1. The Bertz CT molecular complexity index is 263. The lowest BCUT2D eigenvalue weighted by Gasteiger charge is -2.23. The Kier molecular flexibility index (Phi) is 6.23. The number of carbonyl (C=O) groups is 1. The minimum absolute atomic E-state index is 0.0650. The second-order valence-electron chi connectivity index (χ2n) is 2.96. The van der Waals surface area contributed by atoms with Crippen LogP contribution in [0.1, 0.15) is 0 Å². The van der Waals surface area contributed by atoms with Crippen LogP contribution in [0.5, 0.6) is 0 Å². The van der Waals surface area contributed by atoms with Crippen molar-refractivity contribution in [3.8, 4) is 0 Å². The first-order valence-corrected chi connectivity index (χ1v) is 5.59. The molecular weight excluding hydrogens is 247 g/mol. The summed E-state index contributed by atoms with van der Waals surface area (Å²) in [6, 6.07) is 0. The van der Waals surface area contributed by atoms with E-state index in [2.05, 4.69) is 4.52 Å². The average Bonchev–Trinajstić information content (AvgIpc) is 2.21. The molecule has 0 saturated heterocycles. The maximum atomic E-state index is 10.2. The van der Waals surface area contributed by atoms with Crippen LogP contribution in [0, 0.1) is 0 Å². The van der Waals surface area contributed by atoms with Gasteiger partial charge in [-0.2, -0.15) is 0 Å².